The Hall–Kier alpha value is -0.300. The molecule has 3 nitrogen and oxygen atoms in total. The van der Waals surface area contributed by atoms with Crippen LogP contribution in [0.25, 0.3) is 0 Å². The van der Waals surface area contributed by atoms with Crippen molar-refractivity contribution in [3.63, 3.8) is 0 Å². The number of halogens is 3. The molecule has 0 unspecified atom stereocenters. The maximum absolute atomic E-state index is 12.4. The Balaban J connectivity index is 1.93. The number of hydrogen-bond donors (Lipinski definition) is 0. The second-order valence-electron chi connectivity index (χ2n) is 3.50. The number of nitrogens with zero attached hydrogens (tertiary/aromatic N) is 3. The largest absolute Gasteiger partial charge is 0.347 e. The van der Waals surface area contributed by atoms with Gasteiger partial charge in [0.1, 0.15) is 0 Å². The predicted molar refractivity (Wildman–Crippen MR) is 58.6 cm³/mol. The van der Waals surface area contributed by atoms with Crippen molar-refractivity contribution >= 4 is 32.4 Å². The molecular weight excluding hydrogens is 288 g/mol. The van der Waals surface area contributed by atoms with Gasteiger partial charge in [-0.3, -0.25) is 0 Å². The summed E-state index contributed by atoms with van der Waals surface area (Å²) in [6.07, 6.45) is -1.11. The number of hydrogen-bond acceptors (Lipinski definition) is 4. The first-order chi connectivity index (χ1) is 7.16. The first kappa shape index (κ1) is 11.2. The molecule has 0 N–H and O–H groups in total. The van der Waals surface area contributed by atoms with E-state index in [1.807, 2.05) is 4.90 Å². The first-order valence-electron chi connectivity index (χ1n) is 4.69. The highest BCUT2D eigenvalue weighted by Crippen LogP contribution is 2.30. The van der Waals surface area contributed by atoms with Crippen molar-refractivity contribution in [1.82, 2.24) is 10.2 Å². The third-order valence-corrected chi connectivity index (χ3v) is 3.97. The van der Waals surface area contributed by atoms with E-state index < -0.39 is 12.3 Å². The van der Waals surface area contributed by atoms with Gasteiger partial charge in [0, 0.05) is 19.0 Å². The molecule has 0 bridgehead atoms. The lowest BCUT2D eigenvalue weighted by Gasteiger charge is -2.30. The van der Waals surface area contributed by atoms with E-state index in [0.717, 1.165) is 9.05 Å². The Kier molecular flexibility index (Phi) is 3.50. The van der Waals surface area contributed by atoms with Crippen molar-refractivity contribution in [1.29, 1.82) is 0 Å². The van der Waals surface area contributed by atoms with E-state index in [-0.39, 0.29) is 0 Å². The molecule has 1 aliphatic rings. The molecule has 1 saturated heterocycles. The third-order valence-electron chi connectivity index (χ3n) is 2.56. The first-order valence-corrected chi connectivity index (χ1v) is 6.30. The van der Waals surface area contributed by atoms with Crippen LogP contribution in [0.2, 0.25) is 0 Å². The van der Waals surface area contributed by atoms with Gasteiger partial charge in [0.15, 0.2) is 3.92 Å². The summed E-state index contributed by atoms with van der Waals surface area (Å²) in [7, 11) is 0. The molecule has 0 radical (unpaired) electrons. The summed E-state index contributed by atoms with van der Waals surface area (Å²) in [5, 5.41) is 8.63. The zero-order chi connectivity index (χ0) is 10.8. The molecule has 0 atom stereocenters. The minimum absolute atomic E-state index is 0.447. The Bertz CT molecular complexity index is 325. The van der Waals surface area contributed by atoms with Crippen LogP contribution < -0.4 is 4.90 Å². The summed E-state index contributed by atoms with van der Waals surface area (Å²) >= 11 is 4.67. The predicted octanol–water partition coefficient (Wildman–Crippen LogP) is 2.78. The van der Waals surface area contributed by atoms with Crippen molar-refractivity contribution in [2.75, 3.05) is 18.0 Å². The van der Waals surface area contributed by atoms with Gasteiger partial charge in [-0.05, 0) is 28.8 Å². The molecule has 0 aromatic carbocycles. The molecule has 0 spiro atoms. The topological polar surface area (TPSA) is 29.0 Å². The second kappa shape index (κ2) is 4.69. The zero-order valence-corrected chi connectivity index (χ0v) is 10.3. The molecule has 2 heterocycles. The fraction of sp³-hybridized carbons (Fsp3) is 0.750. The van der Waals surface area contributed by atoms with Crippen LogP contribution in [0, 0.1) is 5.92 Å². The van der Waals surface area contributed by atoms with E-state index in [4.69, 9.17) is 0 Å². The molecular formula is C8H10BrF2N3S. The molecule has 1 aromatic heterocycles. The summed E-state index contributed by atoms with van der Waals surface area (Å²) in [6, 6.07) is 0. The van der Waals surface area contributed by atoms with Gasteiger partial charge < -0.3 is 4.90 Å². The van der Waals surface area contributed by atoms with Gasteiger partial charge in [-0.2, -0.15) is 0 Å². The highest BCUT2D eigenvalue weighted by Gasteiger charge is 2.27. The van der Waals surface area contributed by atoms with Crippen molar-refractivity contribution in [3.05, 3.63) is 3.92 Å². The average molecular weight is 298 g/mol. The molecule has 1 fully saturated rings. The molecule has 15 heavy (non-hydrogen) atoms. The molecule has 1 aromatic rings. The molecule has 0 amide bonds. The standard InChI is InChI=1S/C8H10BrF2N3S/c9-7-12-13-8(15-7)14-3-1-5(2-4-14)6(10)11/h5-6H,1-4H2. The number of aromatic nitrogens is 2. The van der Waals surface area contributed by atoms with Crippen molar-refractivity contribution < 1.29 is 8.78 Å². The molecule has 7 heteroatoms. The fourth-order valence-corrected chi connectivity index (χ4v) is 2.81. The van der Waals surface area contributed by atoms with Gasteiger partial charge >= 0.3 is 0 Å². The third kappa shape index (κ3) is 2.63. The van der Waals surface area contributed by atoms with Crippen LogP contribution in [0.15, 0.2) is 3.92 Å². The van der Waals surface area contributed by atoms with E-state index in [0.29, 0.717) is 25.9 Å². The Morgan fingerprint density at radius 1 is 1.33 bits per heavy atom. The molecule has 1 aliphatic heterocycles. The van der Waals surface area contributed by atoms with Gasteiger partial charge in [0.25, 0.3) is 0 Å². The maximum Gasteiger partial charge on any atom is 0.241 e. The lowest BCUT2D eigenvalue weighted by atomic mass is 9.98. The maximum atomic E-state index is 12.4. The smallest absolute Gasteiger partial charge is 0.241 e. The number of anilines is 1. The van der Waals surface area contributed by atoms with Crippen LogP contribution in [0.5, 0.6) is 0 Å². The number of piperidine rings is 1. The summed E-state index contributed by atoms with van der Waals surface area (Å²) < 4.78 is 25.5. The van der Waals surface area contributed by atoms with E-state index in [9.17, 15) is 8.78 Å². The van der Waals surface area contributed by atoms with Crippen LogP contribution >= 0.6 is 27.3 Å². The minimum atomic E-state index is -2.19. The van der Waals surface area contributed by atoms with Crippen molar-refractivity contribution in [2.24, 2.45) is 5.92 Å². The quantitative estimate of drug-likeness (QED) is 0.840. The van der Waals surface area contributed by atoms with E-state index in [1.54, 1.807) is 0 Å². The normalized spacial score (nSPS) is 18.8. The summed E-state index contributed by atoms with van der Waals surface area (Å²) in [5.41, 5.74) is 0. The van der Waals surface area contributed by atoms with Gasteiger partial charge in [0.2, 0.25) is 11.6 Å². The van der Waals surface area contributed by atoms with Crippen LogP contribution in [-0.4, -0.2) is 29.7 Å². The number of rotatable bonds is 2. The van der Waals surface area contributed by atoms with Crippen LogP contribution in [0.4, 0.5) is 13.9 Å². The van der Waals surface area contributed by atoms with Gasteiger partial charge in [-0.25, -0.2) is 8.78 Å². The monoisotopic (exact) mass is 297 g/mol. The zero-order valence-electron chi connectivity index (χ0n) is 7.87. The summed E-state index contributed by atoms with van der Waals surface area (Å²) in [5.74, 6) is -0.447. The Morgan fingerprint density at radius 3 is 2.47 bits per heavy atom. The fourth-order valence-electron chi connectivity index (χ4n) is 1.67. The lowest BCUT2D eigenvalue weighted by molar-refractivity contribution is 0.0636. The molecule has 2 rings (SSSR count). The highest BCUT2D eigenvalue weighted by atomic mass is 79.9. The molecule has 0 aliphatic carbocycles. The molecule has 84 valence electrons. The highest BCUT2D eigenvalue weighted by molar-refractivity contribution is 9.11. The second-order valence-corrected chi connectivity index (χ2v) is 5.73. The van der Waals surface area contributed by atoms with E-state index >= 15 is 0 Å². The Labute approximate surface area is 98.6 Å². The van der Waals surface area contributed by atoms with Gasteiger partial charge in [-0.1, -0.05) is 11.3 Å². The van der Waals surface area contributed by atoms with E-state index in [1.165, 1.54) is 11.3 Å². The minimum Gasteiger partial charge on any atom is -0.347 e. The lowest BCUT2D eigenvalue weighted by Crippen LogP contribution is -2.35. The number of alkyl halides is 2. The van der Waals surface area contributed by atoms with Gasteiger partial charge in [0.05, 0.1) is 0 Å². The van der Waals surface area contributed by atoms with Crippen LogP contribution in [0.1, 0.15) is 12.8 Å². The van der Waals surface area contributed by atoms with Gasteiger partial charge in [-0.15, -0.1) is 10.2 Å². The van der Waals surface area contributed by atoms with Crippen molar-refractivity contribution in [2.45, 2.75) is 19.3 Å². The van der Waals surface area contributed by atoms with Crippen molar-refractivity contribution in [3.8, 4) is 0 Å². The average Bonchev–Trinajstić information content (AvgIpc) is 2.65. The van der Waals surface area contributed by atoms with Crippen LogP contribution in [0.3, 0.4) is 0 Å². The summed E-state index contributed by atoms with van der Waals surface area (Å²) in [4.78, 5) is 2.02. The SMILES string of the molecule is FC(F)C1CCN(c2nnc(Br)s2)CC1. The van der Waals surface area contributed by atoms with E-state index in [2.05, 4.69) is 26.1 Å². The molecule has 0 saturated carbocycles. The summed E-state index contributed by atoms with van der Waals surface area (Å²) in [6.45, 7) is 1.30. The van der Waals surface area contributed by atoms with Crippen LogP contribution in [-0.2, 0) is 0 Å². The Morgan fingerprint density at radius 2 is 2.00 bits per heavy atom.